The van der Waals surface area contributed by atoms with Gasteiger partial charge in [-0.15, -0.1) is 0 Å². The minimum Gasteiger partial charge on any atom is -0.475 e. The van der Waals surface area contributed by atoms with Crippen molar-refractivity contribution >= 4 is 22.7 Å². The lowest BCUT2D eigenvalue weighted by molar-refractivity contribution is -0.192. The minimum absolute atomic E-state index is 0.267. The lowest BCUT2D eigenvalue weighted by Crippen LogP contribution is -2.45. The van der Waals surface area contributed by atoms with Crippen molar-refractivity contribution in [1.82, 2.24) is 19.9 Å². The molecule has 2 N–H and O–H groups in total. The van der Waals surface area contributed by atoms with Gasteiger partial charge in [0.25, 0.3) is 0 Å². The first-order valence-corrected chi connectivity index (χ1v) is 13.2. The molecule has 0 radical (unpaired) electrons. The van der Waals surface area contributed by atoms with Crippen molar-refractivity contribution in [2.45, 2.75) is 12.7 Å². The zero-order chi connectivity index (χ0) is 29.7. The molecule has 6 rings (SSSR count). The normalized spacial score (nSPS) is 14.0. The van der Waals surface area contributed by atoms with E-state index in [1.807, 2.05) is 24.5 Å². The zero-order valence-corrected chi connectivity index (χ0v) is 22.4. The van der Waals surface area contributed by atoms with E-state index in [1.54, 1.807) is 6.07 Å². The Bertz CT molecular complexity index is 1650. The van der Waals surface area contributed by atoms with Gasteiger partial charge in [0, 0.05) is 56.4 Å². The summed E-state index contributed by atoms with van der Waals surface area (Å²) in [6, 6.07) is 25.9. The number of nitrogens with zero attached hydrogens (tertiary/aromatic N) is 4. The van der Waals surface area contributed by atoms with Crippen molar-refractivity contribution < 1.29 is 27.5 Å². The second-order valence-corrected chi connectivity index (χ2v) is 9.80. The van der Waals surface area contributed by atoms with E-state index in [4.69, 9.17) is 9.90 Å². The second kappa shape index (κ2) is 12.4. The van der Waals surface area contributed by atoms with Gasteiger partial charge in [0.15, 0.2) is 0 Å². The topological polar surface area (TPSA) is 85.4 Å². The predicted octanol–water partition coefficient (Wildman–Crippen LogP) is 6.39. The van der Waals surface area contributed by atoms with Crippen molar-refractivity contribution in [3.63, 3.8) is 0 Å². The van der Waals surface area contributed by atoms with Gasteiger partial charge >= 0.3 is 12.1 Å². The third-order valence-electron chi connectivity index (χ3n) is 6.92. The number of aromatic nitrogens is 3. The van der Waals surface area contributed by atoms with Crippen LogP contribution in [0.3, 0.4) is 0 Å². The molecule has 1 fully saturated rings. The van der Waals surface area contributed by atoms with Crippen LogP contribution in [0.5, 0.6) is 0 Å². The number of H-pyrrole nitrogens is 1. The first-order chi connectivity index (χ1) is 20.2. The van der Waals surface area contributed by atoms with Crippen LogP contribution in [-0.4, -0.2) is 63.3 Å². The molecule has 3 aromatic carbocycles. The molecular weight excluding hydrogens is 550 g/mol. The number of aromatic amines is 1. The number of carboxylic acid groups (broad SMARTS) is 1. The van der Waals surface area contributed by atoms with Crippen LogP contribution in [0.4, 0.5) is 23.2 Å². The fourth-order valence-corrected chi connectivity index (χ4v) is 4.74. The van der Waals surface area contributed by atoms with Gasteiger partial charge in [0.05, 0.1) is 11.0 Å². The molecule has 1 aliphatic rings. The van der Waals surface area contributed by atoms with Gasteiger partial charge in [-0.05, 0) is 53.1 Å². The molecule has 0 saturated carbocycles. The van der Waals surface area contributed by atoms with E-state index >= 15 is 0 Å². The number of piperazine rings is 1. The van der Waals surface area contributed by atoms with Crippen LogP contribution in [0, 0.1) is 5.82 Å². The molecule has 11 heteroatoms. The molecule has 3 heterocycles. The summed E-state index contributed by atoms with van der Waals surface area (Å²) in [4.78, 5) is 25.8. The van der Waals surface area contributed by atoms with Crippen LogP contribution in [0.1, 0.15) is 5.56 Å². The minimum atomic E-state index is -5.08. The van der Waals surface area contributed by atoms with Crippen molar-refractivity contribution in [3.8, 4) is 22.5 Å². The predicted molar refractivity (Wildman–Crippen MR) is 152 cm³/mol. The van der Waals surface area contributed by atoms with E-state index in [9.17, 15) is 17.6 Å². The maximum absolute atomic E-state index is 13.5. The Labute approximate surface area is 239 Å². The maximum atomic E-state index is 13.5. The molecule has 0 atom stereocenters. The SMILES string of the molecule is Fc1ccc2nc(-c3cccc(-c4ccc(CN5CCN(c6ccncc6)CC5)cc4)c3)[nH]c2c1.O=C(O)C(F)(F)F. The van der Waals surface area contributed by atoms with Crippen LogP contribution < -0.4 is 4.90 Å². The number of fused-ring (bicyclic) bond motifs is 1. The summed E-state index contributed by atoms with van der Waals surface area (Å²) in [7, 11) is 0. The lowest BCUT2D eigenvalue weighted by atomic mass is 10.0. The quantitative estimate of drug-likeness (QED) is 0.236. The van der Waals surface area contributed by atoms with Gasteiger partial charge in [0.2, 0.25) is 0 Å². The Hall–Kier alpha value is -4.77. The third kappa shape index (κ3) is 7.10. The summed E-state index contributed by atoms with van der Waals surface area (Å²) >= 11 is 0. The molecular formula is C31H27F4N5O2. The number of aliphatic carboxylic acids is 1. The number of carbonyl (C=O) groups is 1. The average molecular weight is 578 g/mol. The first-order valence-electron chi connectivity index (χ1n) is 13.2. The number of alkyl halides is 3. The van der Waals surface area contributed by atoms with E-state index < -0.39 is 12.1 Å². The maximum Gasteiger partial charge on any atom is 0.490 e. The van der Waals surface area contributed by atoms with Gasteiger partial charge in [-0.3, -0.25) is 9.88 Å². The second-order valence-electron chi connectivity index (χ2n) is 9.80. The van der Waals surface area contributed by atoms with Crippen molar-refractivity contribution in [2.24, 2.45) is 0 Å². The number of rotatable bonds is 5. The number of anilines is 1. The molecule has 0 amide bonds. The molecule has 0 unspecified atom stereocenters. The van der Waals surface area contributed by atoms with Crippen LogP contribution in [0.15, 0.2) is 91.3 Å². The van der Waals surface area contributed by atoms with Gasteiger partial charge in [-0.25, -0.2) is 14.2 Å². The fourth-order valence-electron chi connectivity index (χ4n) is 4.74. The Balaban J connectivity index is 0.000000451. The van der Waals surface area contributed by atoms with E-state index in [0.717, 1.165) is 55.2 Å². The average Bonchev–Trinajstić information content (AvgIpc) is 3.42. The van der Waals surface area contributed by atoms with E-state index in [0.29, 0.717) is 5.52 Å². The Morgan fingerprint density at radius 1 is 0.857 bits per heavy atom. The van der Waals surface area contributed by atoms with Crippen molar-refractivity contribution in [1.29, 1.82) is 0 Å². The molecule has 0 spiro atoms. The summed E-state index contributed by atoms with van der Waals surface area (Å²) in [5.41, 5.74) is 7.32. The van der Waals surface area contributed by atoms with Gasteiger partial charge in [-0.2, -0.15) is 13.2 Å². The number of hydrogen-bond donors (Lipinski definition) is 2. The molecule has 0 aliphatic carbocycles. The third-order valence-corrected chi connectivity index (χ3v) is 6.92. The molecule has 1 aliphatic heterocycles. The summed E-state index contributed by atoms with van der Waals surface area (Å²) in [6.07, 6.45) is -1.37. The van der Waals surface area contributed by atoms with Crippen molar-refractivity contribution in [3.05, 3.63) is 103 Å². The highest BCUT2D eigenvalue weighted by molar-refractivity contribution is 5.80. The Morgan fingerprint density at radius 3 is 2.19 bits per heavy atom. The highest BCUT2D eigenvalue weighted by Gasteiger charge is 2.38. The summed E-state index contributed by atoms with van der Waals surface area (Å²) < 4.78 is 45.3. The number of pyridine rings is 1. The van der Waals surface area contributed by atoms with Crippen LogP contribution in [0.25, 0.3) is 33.5 Å². The number of hydrogen-bond acceptors (Lipinski definition) is 5. The monoisotopic (exact) mass is 577 g/mol. The molecule has 7 nitrogen and oxygen atoms in total. The highest BCUT2D eigenvalue weighted by Crippen LogP contribution is 2.27. The molecule has 42 heavy (non-hydrogen) atoms. The van der Waals surface area contributed by atoms with Gasteiger partial charge < -0.3 is 15.0 Å². The Kier molecular flexibility index (Phi) is 8.48. The Morgan fingerprint density at radius 2 is 1.52 bits per heavy atom. The van der Waals surface area contributed by atoms with E-state index in [1.165, 1.54) is 28.9 Å². The number of nitrogens with one attached hydrogen (secondary N) is 1. The van der Waals surface area contributed by atoms with Crippen LogP contribution in [0.2, 0.25) is 0 Å². The molecule has 0 bridgehead atoms. The van der Waals surface area contributed by atoms with E-state index in [-0.39, 0.29) is 5.82 Å². The smallest absolute Gasteiger partial charge is 0.475 e. The van der Waals surface area contributed by atoms with E-state index in [2.05, 4.69) is 73.3 Å². The molecule has 216 valence electrons. The van der Waals surface area contributed by atoms with Gasteiger partial charge in [-0.1, -0.05) is 42.5 Å². The number of halogens is 4. The summed E-state index contributed by atoms with van der Waals surface area (Å²) in [6.45, 7) is 5.12. The molecule has 1 saturated heterocycles. The zero-order valence-electron chi connectivity index (χ0n) is 22.4. The van der Waals surface area contributed by atoms with Crippen LogP contribution in [-0.2, 0) is 11.3 Å². The van der Waals surface area contributed by atoms with Crippen molar-refractivity contribution in [2.75, 3.05) is 31.1 Å². The number of imidazole rings is 1. The number of carboxylic acids is 1. The molecule has 5 aromatic rings. The van der Waals surface area contributed by atoms with Crippen LogP contribution >= 0.6 is 0 Å². The standard InChI is InChI=1S/C29H26FN5.C2HF3O2/c30-25-8-9-27-28(19-25)33-29(32-27)24-3-1-2-23(18-24)22-6-4-21(5-7-22)20-34-14-16-35(17-15-34)26-10-12-31-13-11-26;3-2(4,5)1(6)7/h1-13,18-19H,14-17,20H2,(H,32,33);(H,6,7). The first kappa shape index (κ1) is 28.7. The number of benzene rings is 3. The fraction of sp³-hybridized carbons (Fsp3) is 0.194. The highest BCUT2D eigenvalue weighted by atomic mass is 19.4. The largest absolute Gasteiger partial charge is 0.490 e. The molecule has 2 aromatic heterocycles. The summed E-state index contributed by atoms with van der Waals surface area (Å²) in [5, 5.41) is 7.12. The summed E-state index contributed by atoms with van der Waals surface area (Å²) in [5.74, 6) is -2.28. The lowest BCUT2D eigenvalue weighted by Gasteiger charge is -2.36. The van der Waals surface area contributed by atoms with Gasteiger partial charge in [0.1, 0.15) is 11.6 Å².